The summed E-state index contributed by atoms with van der Waals surface area (Å²) in [6.45, 7) is 12.6. The Labute approximate surface area is 214 Å². The molecule has 3 rings (SSSR count). The van der Waals surface area contributed by atoms with Gasteiger partial charge in [0.05, 0.1) is 25.0 Å². The van der Waals surface area contributed by atoms with Crippen LogP contribution in [0.15, 0.2) is 54.6 Å². The lowest BCUT2D eigenvalue weighted by Gasteiger charge is -2.27. The fourth-order valence-electron chi connectivity index (χ4n) is 4.11. The van der Waals surface area contributed by atoms with Gasteiger partial charge in [0.25, 0.3) is 0 Å². The molecular weight excluding hydrogens is 452 g/mol. The molecule has 1 N–H and O–H groups in total. The number of methoxy groups -OCH3 is 1. The van der Waals surface area contributed by atoms with Crippen LogP contribution in [-0.4, -0.2) is 46.7 Å². The molecule has 0 fully saturated rings. The van der Waals surface area contributed by atoms with Crippen molar-refractivity contribution in [1.82, 2.24) is 14.7 Å². The number of nitrogens with one attached hydrogen (secondary N) is 1. The predicted molar refractivity (Wildman–Crippen MR) is 144 cm³/mol. The highest BCUT2D eigenvalue weighted by Gasteiger charge is 2.25. The highest BCUT2D eigenvalue weighted by Crippen LogP contribution is 2.33. The Hall–Kier alpha value is -3.61. The summed E-state index contributed by atoms with van der Waals surface area (Å²) in [5.74, 6) is 1.27. The number of aromatic nitrogens is 2. The SMILES string of the molecule is COc1ccc(-n2nc(C)c(-c3ccccc3)c2NC(=O)CN(CC(C)C)C(=O)CC(C)(C)C)cc1. The van der Waals surface area contributed by atoms with Gasteiger partial charge in [-0.2, -0.15) is 5.10 Å². The van der Waals surface area contributed by atoms with Crippen LogP contribution in [0.2, 0.25) is 0 Å². The first-order chi connectivity index (χ1) is 17.0. The standard InChI is InChI=1S/C29H38N4O3/c1-20(2)18-32(26(35)17-29(4,5)6)19-25(34)30-28-27(22-11-9-8-10-12-22)21(3)31-33(28)23-13-15-24(36-7)16-14-23/h8-16,20H,17-19H2,1-7H3,(H,30,34). The van der Waals surface area contributed by atoms with Crippen molar-refractivity contribution >= 4 is 17.6 Å². The van der Waals surface area contributed by atoms with E-state index in [0.29, 0.717) is 18.8 Å². The molecule has 36 heavy (non-hydrogen) atoms. The number of carbonyl (C=O) groups is 2. The zero-order chi connectivity index (χ0) is 26.5. The normalized spacial score (nSPS) is 11.4. The van der Waals surface area contributed by atoms with E-state index in [-0.39, 0.29) is 29.7 Å². The molecule has 1 aromatic heterocycles. The highest BCUT2D eigenvalue weighted by atomic mass is 16.5. The summed E-state index contributed by atoms with van der Waals surface area (Å²) in [5.41, 5.74) is 3.21. The number of anilines is 1. The molecule has 0 spiro atoms. The molecule has 0 aliphatic rings. The summed E-state index contributed by atoms with van der Waals surface area (Å²) < 4.78 is 7.03. The van der Waals surface area contributed by atoms with E-state index >= 15 is 0 Å². The quantitative estimate of drug-likeness (QED) is 0.416. The summed E-state index contributed by atoms with van der Waals surface area (Å²) in [7, 11) is 1.62. The molecule has 0 bridgehead atoms. The van der Waals surface area contributed by atoms with Gasteiger partial charge in [0.1, 0.15) is 11.6 Å². The van der Waals surface area contributed by atoms with Gasteiger partial charge in [-0.05, 0) is 48.1 Å². The average molecular weight is 491 g/mol. The summed E-state index contributed by atoms with van der Waals surface area (Å²) in [4.78, 5) is 28.1. The van der Waals surface area contributed by atoms with Gasteiger partial charge >= 0.3 is 0 Å². The molecule has 0 unspecified atom stereocenters. The van der Waals surface area contributed by atoms with E-state index in [9.17, 15) is 9.59 Å². The third kappa shape index (κ3) is 6.97. The third-order valence-corrected chi connectivity index (χ3v) is 5.65. The molecule has 7 heteroatoms. The van der Waals surface area contributed by atoms with Crippen LogP contribution in [-0.2, 0) is 9.59 Å². The van der Waals surface area contributed by atoms with Crippen LogP contribution < -0.4 is 10.1 Å². The van der Waals surface area contributed by atoms with Gasteiger partial charge in [0.15, 0.2) is 0 Å². The van der Waals surface area contributed by atoms with Crippen LogP contribution in [0.1, 0.15) is 46.7 Å². The van der Waals surface area contributed by atoms with Crippen LogP contribution in [0.5, 0.6) is 5.75 Å². The number of ether oxygens (including phenoxy) is 1. The maximum Gasteiger partial charge on any atom is 0.245 e. The molecule has 2 amide bonds. The summed E-state index contributed by atoms with van der Waals surface area (Å²) in [6, 6.07) is 17.4. The van der Waals surface area contributed by atoms with Gasteiger partial charge in [-0.1, -0.05) is 65.0 Å². The van der Waals surface area contributed by atoms with E-state index in [1.807, 2.05) is 96.1 Å². The van der Waals surface area contributed by atoms with E-state index in [1.54, 1.807) is 16.7 Å². The molecule has 0 aliphatic carbocycles. The first-order valence-corrected chi connectivity index (χ1v) is 12.4. The lowest BCUT2D eigenvalue weighted by Crippen LogP contribution is -2.41. The average Bonchev–Trinajstić information content (AvgIpc) is 3.13. The Morgan fingerprint density at radius 1 is 1.06 bits per heavy atom. The summed E-state index contributed by atoms with van der Waals surface area (Å²) in [6.07, 6.45) is 0.380. The number of aryl methyl sites for hydroxylation is 1. The predicted octanol–water partition coefficient (Wildman–Crippen LogP) is 5.72. The van der Waals surface area contributed by atoms with Crippen molar-refractivity contribution < 1.29 is 14.3 Å². The number of carbonyl (C=O) groups excluding carboxylic acids is 2. The molecule has 3 aromatic rings. The Morgan fingerprint density at radius 2 is 1.69 bits per heavy atom. The fourth-order valence-corrected chi connectivity index (χ4v) is 4.11. The number of hydrogen-bond donors (Lipinski definition) is 1. The molecule has 0 aliphatic heterocycles. The van der Waals surface area contributed by atoms with Gasteiger partial charge in [-0.3, -0.25) is 9.59 Å². The van der Waals surface area contributed by atoms with Crippen LogP contribution in [0.4, 0.5) is 5.82 Å². The third-order valence-electron chi connectivity index (χ3n) is 5.65. The van der Waals surface area contributed by atoms with E-state index < -0.39 is 0 Å². The molecule has 0 atom stereocenters. The molecule has 7 nitrogen and oxygen atoms in total. The molecule has 1 heterocycles. The van der Waals surface area contributed by atoms with Gasteiger partial charge in [0.2, 0.25) is 11.8 Å². The van der Waals surface area contributed by atoms with E-state index in [1.165, 1.54) is 0 Å². The Kier molecular flexibility index (Phi) is 8.56. The van der Waals surface area contributed by atoms with Gasteiger partial charge < -0.3 is 15.0 Å². The minimum Gasteiger partial charge on any atom is -0.497 e. The second-order valence-corrected chi connectivity index (χ2v) is 10.7. The van der Waals surface area contributed by atoms with Crippen molar-refractivity contribution in [3.63, 3.8) is 0 Å². The van der Waals surface area contributed by atoms with Crippen molar-refractivity contribution in [3.05, 3.63) is 60.3 Å². The minimum absolute atomic E-state index is 0.0190. The zero-order valence-corrected chi connectivity index (χ0v) is 22.5. The molecule has 2 aromatic carbocycles. The van der Waals surface area contributed by atoms with E-state index in [2.05, 4.69) is 5.32 Å². The van der Waals surface area contributed by atoms with E-state index in [0.717, 1.165) is 28.3 Å². The largest absolute Gasteiger partial charge is 0.497 e. The van der Waals surface area contributed by atoms with Crippen LogP contribution >= 0.6 is 0 Å². The van der Waals surface area contributed by atoms with Gasteiger partial charge in [-0.25, -0.2) is 4.68 Å². The van der Waals surface area contributed by atoms with Crippen LogP contribution in [0.3, 0.4) is 0 Å². The van der Waals surface area contributed by atoms with Crippen LogP contribution in [0, 0.1) is 18.3 Å². The molecule has 0 radical (unpaired) electrons. The Morgan fingerprint density at radius 3 is 2.25 bits per heavy atom. The first kappa shape index (κ1) is 27.0. The molecule has 0 saturated heterocycles. The molecule has 192 valence electrons. The number of nitrogens with zero attached hydrogens (tertiary/aromatic N) is 3. The van der Waals surface area contributed by atoms with Crippen molar-refractivity contribution in [3.8, 4) is 22.6 Å². The van der Waals surface area contributed by atoms with Crippen molar-refractivity contribution in [1.29, 1.82) is 0 Å². The number of rotatable bonds is 9. The Bertz CT molecular complexity index is 1180. The smallest absolute Gasteiger partial charge is 0.245 e. The second kappa shape index (κ2) is 11.4. The molecular formula is C29H38N4O3. The topological polar surface area (TPSA) is 76.5 Å². The number of benzene rings is 2. The number of amides is 2. The van der Waals surface area contributed by atoms with Gasteiger partial charge in [0, 0.05) is 18.5 Å². The van der Waals surface area contributed by atoms with Gasteiger partial charge in [-0.15, -0.1) is 0 Å². The minimum atomic E-state index is -0.259. The van der Waals surface area contributed by atoms with Crippen molar-refractivity contribution in [2.75, 3.05) is 25.5 Å². The summed E-state index contributed by atoms with van der Waals surface area (Å²) in [5, 5.41) is 7.84. The lowest BCUT2D eigenvalue weighted by molar-refractivity contribution is -0.136. The fraction of sp³-hybridized carbons (Fsp3) is 0.414. The maximum absolute atomic E-state index is 13.4. The lowest BCUT2D eigenvalue weighted by atomic mass is 9.91. The van der Waals surface area contributed by atoms with Crippen molar-refractivity contribution in [2.45, 2.75) is 48.0 Å². The summed E-state index contributed by atoms with van der Waals surface area (Å²) >= 11 is 0. The highest BCUT2D eigenvalue weighted by molar-refractivity contribution is 5.98. The molecule has 0 saturated carbocycles. The number of hydrogen-bond acceptors (Lipinski definition) is 4. The van der Waals surface area contributed by atoms with Crippen LogP contribution in [0.25, 0.3) is 16.8 Å². The first-order valence-electron chi connectivity index (χ1n) is 12.4. The maximum atomic E-state index is 13.4. The monoisotopic (exact) mass is 490 g/mol. The Balaban J connectivity index is 1.97. The van der Waals surface area contributed by atoms with Crippen molar-refractivity contribution in [2.24, 2.45) is 11.3 Å². The zero-order valence-electron chi connectivity index (χ0n) is 22.5. The second-order valence-electron chi connectivity index (χ2n) is 10.7. The van der Waals surface area contributed by atoms with E-state index in [4.69, 9.17) is 9.84 Å².